The molecule has 1 rings (SSSR count). The molecule has 0 aromatic carbocycles. The Morgan fingerprint density at radius 1 is 1.45 bits per heavy atom. The highest BCUT2D eigenvalue weighted by Crippen LogP contribution is 2.22. The molecule has 1 amide bonds. The molecule has 1 heterocycles. The molecule has 0 saturated carbocycles. The van der Waals surface area contributed by atoms with E-state index in [2.05, 4.69) is 17.6 Å². The van der Waals surface area contributed by atoms with Gasteiger partial charge in [-0.25, -0.2) is 8.42 Å². The summed E-state index contributed by atoms with van der Waals surface area (Å²) in [5.41, 5.74) is 0. The highest BCUT2D eigenvalue weighted by Gasteiger charge is 2.31. The average Bonchev–Trinajstić information content (AvgIpc) is 2.36. The van der Waals surface area contributed by atoms with Crippen LogP contribution >= 0.6 is 0 Å². The van der Waals surface area contributed by atoms with Crippen molar-refractivity contribution in [2.75, 3.05) is 25.9 Å². The minimum atomic E-state index is -3.17. The first-order chi connectivity index (χ1) is 9.13. The monoisotopic (exact) mass is 304 g/mol. The molecule has 118 valence electrons. The summed E-state index contributed by atoms with van der Waals surface area (Å²) in [6.07, 6.45) is 4.00. The van der Waals surface area contributed by atoms with Gasteiger partial charge in [0.1, 0.15) is 0 Å². The van der Waals surface area contributed by atoms with Crippen molar-refractivity contribution in [2.45, 2.75) is 44.8 Å². The van der Waals surface area contributed by atoms with E-state index in [4.69, 9.17) is 0 Å². The van der Waals surface area contributed by atoms with Gasteiger partial charge in [-0.15, -0.1) is 0 Å². The van der Waals surface area contributed by atoms with Crippen LogP contribution in [0.4, 0.5) is 0 Å². The quantitative estimate of drug-likeness (QED) is 0.766. The Kier molecular flexibility index (Phi) is 6.01. The highest BCUT2D eigenvalue weighted by atomic mass is 32.2. The zero-order valence-corrected chi connectivity index (χ0v) is 13.8. The lowest BCUT2D eigenvalue weighted by Crippen LogP contribution is -2.44. The molecule has 0 aromatic heterocycles. The third-order valence-corrected chi connectivity index (χ3v) is 6.51. The number of amides is 1. The van der Waals surface area contributed by atoms with Crippen LogP contribution in [0.15, 0.2) is 0 Å². The van der Waals surface area contributed by atoms with E-state index >= 15 is 0 Å². The summed E-state index contributed by atoms with van der Waals surface area (Å²) in [7, 11) is -3.17. The first kappa shape index (κ1) is 17.4. The van der Waals surface area contributed by atoms with Gasteiger partial charge in [-0.2, -0.15) is 0 Å². The van der Waals surface area contributed by atoms with Crippen molar-refractivity contribution in [1.82, 2.24) is 10.6 Å². The van der Waals surface area contributed by atoms with E-state index in [0.717, 1.165) is 25.9 Å². The molecule has 1 fully saturated rings. The first-order valence-corrected chi connectivity index (χ1v) is 9.19. The van der Waals surface area contributed by atoms with E-state index < -0.39 is 14.6 Å². The van der Waals surface area contributed by atoms with Gasteiger partial charge in [-0.1, -0.05) is 6.92 Å². The van der Waals surface area contributed by atoms with Crippen LogP contribution in [0.25, 0.3) is 0 Å². The third-order valence-electron chi connectivity index (χ3n) is 4.36. The second kappa shape index (κ2) is 6.89. The predicted octanol–water partition coefficient (Wildman–Crippen LogP) is 0.952. The van der Waals surface area contributed by atoms with E-state index in [-0.39, 0.29) is 12.5 Å². The SMILES string of the molecule is C[C@H](CC(=O)NCC(C)(C)S(C)(=O)=O)[C@@H]1CCCNC1. The van der Waals surface area contributed by atoms with Crippen molar-refractivity contribution in [3.8, 4) is 0 Å². The number of sulfone groups is 1. The van der Waals surface area contributed by atoms with Crippen molar-refractivity contribution < 1.29 is 13.2 Å². The topological polar surface area (TPSA) is 75.3 Å². The number of hydrogen-bond donors (Lipinski definition) is 2. The Labute approximate surface area is 122 Å². The van der Waals surface area contributed by atoms with Gasteiger partial charge in [0.15, 0.2) is 9.84 Å². The van der Waals surface area contributed by atoms with Crippen LogP contribution in [0.2, 0.25) is 0 Å². The molecule has 2 atom stereocenters. The minimum Gasteiger partial charge on any atom is -0.355 e. The summed E-state index contributed by atoms with van der Waals surface area (Å²) in [4.78, 5) is 11.9. The molecule has 0 unspecified atom stereocenters. The maximum Gasteiger partial charge on any atom is 0.220 e. The van der Waals surface area contributed by atoms with Crippen molar-refractivity contribution in [3.63, 3.8) is 0 Å². The lowest BCUT2D eigenvalue weighted by atomic mass is 9.85. The standard InChI is InChI=1S/C14H28N2O3S/c1-11(12-6-5-7-15-9-12)8-13(17)16-10-14(2,3)20(4,18)19/h11-12,15H,5-10H2,1-4H3,(H,16,17)/t11-,12-/m1/s1. The fraction of sp³-hybridized carbons (Fsp3) is 0.929. The second-order valence-corrected chi connectivity index (χ2v) is 9.25. The molecule has 1 saturated heterocycles. The van der Waals surface area contributed by atoms with E-state index in [1.165, 1.54) is 6.26 Å². The van der Waals surface area contributed by atoms with Gasteiger partial charge in [0.05, 0.1) is 4.75 Å². The van der Waals surface area contributed by atoms with Crippen LogP contribution in [0.1, 0.15) is 40.0 Å². The molecule has 2 N–H and O–H groups in total. The molecule has 0 bridgehead atoms. The Bertz CT molecular complexity index is 426. The molecule has 0 radical (unpaired) electrons. The van der Waals surface area contributed by atoms with E-state index in [1.807, 2.05) is 0 Å². The third kappa shape index (κ3) is 5.05. The summed E-state index contributed by atoms with van der Waals surface area (Å²) < 4.78 is 22.2. The molecular weight excluding hydrogens is 276 g/mol. The number of carbonyl (C=O) groups is 1. The fourth-order valence-electron chi connectivity index (χ4n) is 2.34. The van der Waals surface area contributed by atoms with Gasteiger partial charge in [-0.3, -0.25) is 4.79 Å². The Morgan fingerprint density at radius 2 is 2.10 bits per heavy atom. The molecule has 0 aliphatic carbocycles. The molecule has 20 heavy (non-hydrogen) atoms. The average molecular weight is 304 g/mol. The zero-order valence-electron chi connectivity index (χ0n) is 13.0. The van der Waals surface area contributed by atoms with Crippen LogP contribution in [0.5, 0.6) is 0 Å². The Balaban J connectivity index is 2.40. The maximum absolute atomic E-state index is 11.9. The summed E-state index contributed by atoms with van der Waals surface area (Å²) in [6, 6.07) is 0. The minimum absolute atomic E-state index is 0.0557. The smallest absolute Gasteiger partial charge is 0.220 e. The molecule has 1 aliphatic rings. The van der Waals surface area contributed by atoms with Crippen LogP contribution in [0.3, 0.4) is 0 Å². The van der Waals surface area contributed by atoms with Crippen LogP contribution in [-0.4, -0.2) is 45.0 Å². The first-order valence-electron chi connectivity index (χ1n) is 7.30. The van der Waals surface area contributed by atoms with Crippen molar-refractivity contribution in [3.05, 3.63) is 0 Å². The molecule has 1 aliphatic heterocycles. The normalized spacial score (nSPS) is 22.3. The number of hydrogen-bond acceptors (Lipinski definition) is 4. The maximum atomic E-state index is 11.9. The number of carbonyl (C=O) groups excluding carboxylic acids is 1. The number of rotatable bonds is 6. The molecule has 6 heteroatoms. The summed E-state index contributed by atoms with van der Waals surface area (Å²) in [5, 5.41) is 6.12. The summed E-state index contributed by atoms with van der Waals surface area (Å²) >= 11 is 0. The molecule has 0 spiro atoms. The van der Waals surface area contributed by atoms with Gasteiger partial charge < -0.3 is 10.6 Å². The van der Waals surface area contributed by atoms with E-state index in [0.29, 0.717) is 18.3 Å². The van der Waals surface area contributed by atoms with Crippen LogP contribution in [-0.2, 0) is 14.6 Å². The predicted molar refractivity (Wildman–Crippen MR) is 81.3 cm³/mol. The fourth-order valence-corrected chi connectivity index (χ4v) is 2.67. The number of piperidine rings is 1. The van der Waals surface area contributed by atoms with Gasteiger partial charge in [0.2, 0.25) is 5.91 Å². The van der Waals surface area contributed by atoms with Gasteiger partial charge in [0.25, 0.3) is 0 Å². The van der Waals surface area contributed by atoms with Gasteiger partial charge >= 0.3 is 0 Å². The zero-order chi connectivity index (χ0) is 15.4. The van der Waals surface area contributed by atoms with Crippen molar-refractivity contribution in [1.29, 1.82) is 0 Å². The second-order valence-electron chi connectivity index (χ2n) is 6.60. The molecule has 0 aromatic rings. The van der Waals surface area contributed by atoms with Gasteiger partial charge in [-0.05, 0) is 51.6 Å². The van der Waals surface area contributed by atoms with E-state index in [1.54, 1.807) is 13.8 Å². The lowest BCUT2D eigenvalue weighted by molar-refractivity contribution is -0.122. The largest absolute Gasteiger partial charge is 0.355 e. The van der Waals surface area contributed by atoms with Crippen LogP contribution < -0.4 is 10.6 Å². The van der Waals surface area contributed by atoms with Crippen molar-refractivity contribution >= 4 is 15.7 Å². The molecular formula is C14H28N2O3S. The molecule has 5 nitrogen and oxygen atoms in total. The Morgan fingerprint density at radius 3 is 2.60 bits per heavy atom. The summed E-state index contributed by atoms with van der Waals surface area (Å²) in [6.45, 7) is 7.58. The summed E-state index contributed by atoms with van der Waals surface area (Å²) in [5.74, 6) is 0.807. The van der Waals surface area contributed by atoms with Crippen molar-refractivity contribution in [2.24, 2.45) is 11.8 Å². The van der Waals surface area contributed by atoms with Crippen LogP contribution in [0, 0.1) is 11.8 Å². The van der Waals surface area contributed by atoms with Gasteiger partial charge in [0, 0.05) is 19.2 Å². The van der Waals surface area contributed by atoms with E-state index in [9.17, 15) is 13.2 Å². The lowest BCUT2D eigenvalue weighted by Gasteiger charge is -2.28. The number of nitrogens with one attached hydrogen (secondary N) is 2. The Hall–Kier alpha value is -0.620. The highest BCUT2D eigenvalue weighted by molar-refractivity contribution is 7.92.